The molecule has 114 valence electrons. The molecule has 0 amide bonds. The third-order valence-electron chi connectivity index (χ3n) is 3.12. The number of hydrogen-bond donors (Lipinski definition) is 0. The summed E-state index contributed by atoms with van der Waals surface area (Å²) in [5.74, 6) is -2.46. The van der Waals surface area contributed by atoms with Crippen molar-refractivity contribution in [3.63, 3.8) is 0 Å². The third kappa shape index (κ3) is 4.01. The maximum atomic E-state index is 14.0. The summed E-state index contributed by atoms with van der Waals surface area (Å²) in [6.45, 7) is 2.87. The zero-order chi connectivity index (χ0) is 15.2. The molecule has 0 aromatic heterocycles. The summed E-state index contributed by atoms with van der Waals surface area (Å²) < 4.78 is 29.3. The highest BCUT2D eigenvalue weighted by Gasteiger charge is 2.21. The minimum absolute atomic E-state index is 0.0507. The van der Waals surface area contributed by atoms with Crippen LogP contribution in [0.2, 0.25) is 0 Å². The van der Waals surface area contributed by atoms with Crippen molar-refractivity contribution < 1.29 is 28.2 Å². The highest BCUT2D eigenvalue weighted by molar-refractivity contribution is 6.40. The lowest BCUT2D eigenvalue weighted by molar-refractivity contribution is -0.137. The van der Waals surface area contributed by atoms with Crippen molar-refractivity contribution in [2.45, 2.75) is 25.9 Å². The van der Waals surface area contributed by atoms with E-state index >= 15 is 0 Å². The molecule has 1 aliphatic rings. The number of rotatable bonds is 5. The summed E-state index contributed by atoms with van der Waals surface area (Å²) in [6.07, 6.45) is 1.30. The predicted molar refractivity (Wildman–Crippen MR) is 71.8 cm³/mol. The van der Waals surface area contributed by atoms with Crippen molar-refractivity contribution in [3.8, 4) is 5.75 Å². The van der Waals surface area contributed by atoms with E-state index in [0.29, 0.717) is 26.1 Å². The molecule has 0 saturated carbocycles. The molecular formula is C15H17FO5. The molecule has 1 aromatic carbocycles. The molecule has 1 saturated heterocycles. The molecular weight excluding hydrogens is 279 g/mol. The van der Waals surface area contributed by atoms with Crippen molar-refractivity contribution in [2.24, 2.45) is 0 Å². The van der Waals surface area contributed by atoms with Crippen LogP contribution in [-0.4, -0.2) is 37.7 Å². The fraction of sp³-hybridized carbons (Fsp3) is 0.467. The van der Waals surface area contributed by atoms with Crippen LogP contribution in [-0.2, 0) is 14.3 Å². The van der Waals surface area contributed by atoms with Crippen molar-refractivity contribution in [1.82, 2.24) is 0 Å². The third-order valence-corrected chi connectivity index (χ3v) is 3.12. The second-order valence-corrected chi connectivity index (χ2v) is 4.62. The number of benzene rings is 1. The first kappa shape index (κ1) is 15.4. The van der Waals surface area contributed by atoms with E-state index in [2.05, 4.69) is 4.74 Å². The monoisotopic (exact) mass is 296 g/mol. The Morgan fingerprint density at radius 3 is 2.67 bits per heavy atom. The Labute approximate surface area is 122 Å². The molecule has 0 bridgehead atoms. The standard InChI is InChI=1S/C15H17FO5/c1-2-20-15(18)14(17)10-3-4-13(12(16)9-10)21-11-5-7-19-8-6-11/h3-4,9,11H,2,5-8H2,1H3. The lowest BCUT2D eigenvalue weighted by atomic mass is 10.1. The largest absolute Gasteiger partial charge is 0.487 e. The highest BCUT2D eigenvalue weighted by atomic mass is 19.1. The Morgan fingerprint density at radius 1 is 1.33 bits per heavy atom. The molecule has 0 radical (unpaired) electrons. The van der Waals surface area contributed by atoms with Gasteiger partial charge in [-0.15, -0.1) is 0 Å². The van der Waals surface area contributed by atoms with Crippen LogP contribution in [0.5, 0.6) is 5.75 Å². The van der Waals surface area contributed by atoms with Gasteiger partial charge in [-0.25, -0.2) is 9.18 Å². The Balaban J connectivity index is 2.06. The van der Waals surface area contributed by atoms with Gasteiger partial charge in [0.05, 0.1) is 19.8 Å². The molecule has 0 aliphatic carbocycles. The second-order valence-electron chi connectivity index (χ2n) is 4.62. The average Bonchev–Trinajstić information content (AvgIpc) is 2.50. The number of hydrogen-bond acceptors (Lipinski definition) is 5. The van der Waals surface area contributed by atoms with Gasteiger partial charge in [-0.1, -0.05) is 0 Å². The van der Waals surface area contributed by atoms with Crippen molar-refractivity contribution in [1.29, 1.82) is 0 Å². The van der Waals surface area contributed by atoms with E-state index in [4.69, 9.17) is 9.47 Å². The number of carbonyl (C=O) groups excluding carboxylic acids is 2. The number of carbonyl (C=O) groups is 2. The van der Waals surface area contributed by atoms with Gasteiger partial charge < -0.3 is 14.2 Å². The zero-order valence-electron chi connectivity index (χ0n) is 11.8. The molecule has 6 heteroatoms. The fourth-order valence-corrected chi connectivity index (χ4v) is 2.03. The normalized spacial score (nSPS) is 15.5. The molecule has 0 spiro atoms. The molecule has 1 heterocycles. The van der Waals surface area contributed by atoms with E-state index in [1.807, 2.05) is 0 Å². The van der Waals surface area contributed by atoms with Gasteiger partial charge in [0.2, 0.25) is 0 Å². The van der Waals surface area contributed by atoms with Gasteiger partial charge in [-0.05, 0) is 25.1 Å². The Kier molecular flexibility index (Phi) is 5.27. The maximum Gasteiger partial charge on any atom is 0.379 e. The van der Waals surface area contributed by atoms with Crippen LogP contribution in [0, 0.1) is 5.82 Å². The molecule has 0 atom stereocenters. The smallest absolute Gasteiger partial charge is 0.379 e. The van der Waals surface area contributed by atoms with Gasteiger partial charge in [0.25, 0.3) is 5.78 Å². The summed E-state index contributed by atoms with van der Waals surface area (Å²) in [5.41, 5.74) is -0.0507. The van der Waals surface area contributed by atoms with Crippen LogP contribution in [0.1, 0.15) is 30.1 Å². The van der Waals surface area contributed by atoms with E-state index in [0.717, 1.165) is 6.07 Å². The molecule has 1 aliphatic heterocycles. The highest BCUT2D eigenvalue weighted by Crippen LogP contribution is 2.23. The van der Waals surface area contributed by atoms with E-state index in [-0.39, 0.29) is 24.0 Å². The van der Waals surface area contributed by atoms with E-state index < -0.39 is 17.6 Å². The molecule has 5 nitrogen and oxygen atoms in total. The van der Waals surface area contributed by atoms with Crippen LogP contribution in [0.3, 0.4) is 0 Å². The first-order chi connectivity index (χ1) is 10.1. The molecule has 1 aromatic rings. The maximum absolute atomic E-state index is 14.0. The summed E-state index contributed by atoms with van der Waals surface area (Å²) in [5, 5.41) is 0. The summed E-state index contributed by atoms with van der Waals surface area (Å²) in [4.78, 5) is 23.0. The molecule has 0 unspecified atom stereocenters. The van der Waals surface area contributed by atoms with Gasteiger partial charge in [0, 0.05) is 18.4 Å². The number of esters is 1. The van der Waals surface area contributed by atoms with Crippen LogP contribution < -0.4 is 4.74 Å². The first-order valence-electron chi connectivity index (χ1n) is 6.87. The van der Waals surface area contributed by atoms with Crippen molar-refractivity contribution in [2.75, 3.05) is 19.8 Å². The van der Waals surface area contributed by atoms with Crippen molar-refractivity contribution >= 4 is 11.8 Å². The molecule has 1 fully saturated rings. The van der Waals surface area contributed by atoms with Crippen LogP contribution in [0.15, 0.2) is 18.2 Å². The zero-order valence-corrected chi connectivity index (χ0v) is 11.8. The summed E-state index contributed by atoms with van der Waals surface area (Å²) in [6, 6.07) is 3.71. The predicted octanol–water partition coefficient (Wildman–Crippen LogP) is 2.13. The lowest BCUT2D eigenvalue weighted by Gasteiger charge is -2.23. The Bertz CT molecular complexity index is 523. The molecule has 21 heavy (non-hydrogen) atoms. The first-order valence-corrected chi connectivity index (χ1v) is 6.87. The number of halogens is 1. The quantitative estimate of drug-likeness (QED) is 0.473. The van der Waals surface area contributed by atoms with Crippen LogP contribution in [0.25, 0.3) is 0 Å². The van der Waals surface area contributed by atoms with Gasteiger partial charge in [0.15, 0.2) is 11.6 Å². The van der Waals surface area contributed by atoms with Crippen molar-refractivity contribution in [3.05, 3.63) is 29.6 Å². The minimum atomic E-state index is -0.991. The minimum Gasteiger partial charge on any atom is -0.487 e. The second kappa shape index (κ2) is 7.17. The van der Waals surface area contributed by atoms with Gasteiger partial charge in [0.1, 0.15) is 6.10 Å². The summed E-state index contributed by atoms with van der Waals surface area (Å²) >= 11 is 0. The van der Waals surface area contributed by atoms with E-state index in [1.54, 1.807) is 6.92 Å². The van der Waals surface area contributed by atoms with Gasteiger partial charge in [-0.3, -0.25) is 4.79 Å². The van der Waals surface area contributed by atoms with Crippen LogP contribution in [0.4, 0.5) is 4.39 Å². The number of Topliss-reactive ketones (excluding diaryl/α,β-unsaturated/α-hetero) is 1. The van der Waals surface area contributed by atoms with Gasteiger partial charge in [-0.2, -0.15) is 0 Å². The molecule has 0 N–H and O–H groups in total. The van der Waals surface area contributed by atoms with E-state index in [1.165, 1.54) is 12.1 Å². The fourth-order valence-electron chi connectivity index (χ4n) is 2.03. The Hall–Kier alpha value is -1.95. The topological polar surface area (TPSA) is 61.8 Å². The number of ether oxygens (including phenoxy) is 3. The van der Waals surface area contributed by atoms with E-state index in [9.17, 15) is 14.0 Å². The molecule has 2 rings (SSSR count). The Morgan fingerprint density at radius 2 is 2.05 bits per heavy atom. The number of ketones is 1. The average molecular weight is 296 g/mol. The van der Waals surface area contributed by atoms with Gasteiger partial charge >= 0.3 is 5.97 Å². The lowest BCUT2D eigenvalue weighted by Crippen LogP contribution is -2.26. The van der Waals surface area contributed by atoms with Crippen LogP contribution >= 0.6 is 0 Å². The SMILES string of the molecule is CCOC(=O)C(=O)c1ccc(OC2CCOCC2)c(F)c1. The summed E-state index contributed by atoms with van der Waals surface area (Å²) in [7, 11) is 0.